The standard InChI is InChI=1S/C33H43N5O5.H2O4S/c1-37-22-27(21-35-37)25-9-7-24(8-10-25)14-19-42-20-15-31(41)38(28-5-3-2-4-6-28)18-17-34-16-13-26-11-12-29(39)32-33(26)43-23-30(40)36-32;1-5(2,3)4/h7-12,21-22,28,34,39H,2-6,13-20,23H2,1H3,(H,36,40);(H2,1,2,3,4). The van der Waals surface area contributed by atoms with Crippen molar-refractivity contribution in [3.8, 4) is 22.6 Å². The molecule has 0 bridgehead atoms. The number of benzene rings is 2. The van der Waals surface area contributed by atoms with Gasteiger partial charge in [0.05, 0.1) is 25.8 Å². The van der Waals surface area contributed by atoms with Gasteiger partial charge in [-0.15, -0.1) is 0 Å². The Hall–Kier alpha value is -4.02. The lowest BCUT2D eigenvalue weighted by Crippen LogP contribution is -2.45. The summed E-state index contributed by atoms with van der Waals surface area (Å²) in [6.07, 6.45) is 11.4. The molecule has 1 saturated carbocycles. The van der Waals surface area contributed by atoms with Crippen LogP contribution in [0.25, 0.3) is 11.1 Å². The van der Waals surface area contributed by atoms with Crippen molar-refractivity contribution in [2.75, 3.05) is 44.8 Å². The number of hydrogen-bond acceptors (Lipinski definition) is 9. The minimum absolute atomic E-state index is 0.000764. The number of aryl methyl sites for hydroxylation is 1. The predicted molar refractivity (Wildman–Crippen MR) is 179 cm³/mol. The summed E-state index contributed by atoms with van der Waals surface area (Å²) in [4.78, 5) is 27.0. The number of carbonyl (C=O) groups is 2. The Kier molecular flexibility index (Phi) is 13.8. The van der Waals surface area contributed by atoms with Gasteiger partial charge in [-0.05, 0) is 55.0 Å². The average Bonchev–Trinajstić information content (AvgIpc) is 3.49. The molecule has 5 N–H and O–H groups in total. The second-order valence-corrected chi connectivity index (χ2v) is 12.7. The van der Waals surface area contributed by atoms with E-state index in [2.05, 4.69) is 44.9 Å². The van der Waals surface area contributed by atoms with Crippen molar-refractivity contribution in [1.82, 2.24) is 20.0 Å². The molecule has 0 unspecified atom stereocenters. The van der Waals surface area contributed by atoms with Crippen LogP contribution in [0.2, 0.25) is 0 Å². The van der Waals surface area contributed by atoms with E-state index < -0.39 is 10.4 Å². The first-order chi connectivity index (χ1) is 23.0. The molecule has 2 heterocycles. The number of anilines is 1. The smallest absolute Gasteiger partial charge is 0.394 e. The SMILES string of the molecule is Cn1cc(-c2ccc(CCOCCC(=O)N(CCNCCc3ccc(O)c4c3OCC(=O)N4)C3CCCCC3)cc2)cn1.O=S(=O)(O)O. The number of phenols is 1. The van der Waals surface area contributed by atoms with Gasteiger partial charge in [0.15, 0.2) is 12.4 Å². The van der Waals surface area contributed by atoms with Crippen LogP contribution < -0.4 is 15.4 Å². The summed E-state index contributed by atoms with van der Waals surface area (Å²) in [5, 5.41) is 20.5. The molecule has 1 aliphatic carbocycles. The molecule has 0 radical (unpaired) electrons. The Labute approximate surface area is 281 Å². The molecule has 5 rings (SSSR count). The zero-order valence-electron chi connectivity index (χ0n) is 27.1. The van der Waals surface area contributed by atoms with Crippen molar-refractivity contribution < 1.29 is 41.7 Å². The highest BCUT2D eigenvalue weighted by molar-refractivity contribution is 7.79. The largest absolute Gasteiger partial charge is 0.506 e. The zero-order valence-corrected chi connectivity index (χ0v) is 28.0. The highest BCUT2D eigenvalue weighted by atomic mass is 32.3. The summed E-state index contributed by atoms with van der Waals surface area (Å²) in [5.41, 5.74) is 4.70. The van der Waals surface area contributed by atoms with Crippen LogP contribution in [0, 0.1) is 0 Å². The Morgan fingerprint density at radius 3 is 2.48 bits per heavy atom. The van der Waals surface area contributed by atoms with Crippen molar-refractivity contribution in [2.45, 2.75) is 57.4 Å². The molecule has 1 fully saturated rings. The van der Waals surface area contributed by atoms with E-state index in [1.165, 1.54) is 24.8 Å². The molecule has 1 aliphatic heterocycles. The lowest BCUT2D eigenvalue weighted by Gasteiger charge is -2.34. The van der Waals surface area contributed by atoms with Gasteiger partial charge >= 0.3 is 10.4 Å². The Morgan fingerprint density at radius 1 is 1.06 bits per heavy atom. The number of hydrogen-bond donors (Lipinski definition) is 5. The lowest BCUT2D eigenvalue weighted by atomic mass is 9.94. The van der Waals surface area contributed by atoms with Crippen LogP contribution >= 0.6 is 0 Å². The van der Waals surface area contributed by atoms with Gasteiger partial charge in [-0.3, -0.25) is 23.4 Å². The lowest BCUT2D eigenvalue weighted by molar-refractivity contribution is -0.135. The zero-order chi connectivity index (χ0) is 34.5. The molecule has 15 heteroatoms. The molecule has 0 spiro atoms. The minimum Gasteiger partial charge on any atom is -0.506 e. The van der Waals surface area contributed by atoms with Crippen molar-refractivity contribution in [3.05, 3.63) is 59.9 Å². The van der Waals surface area contributed by atoms with Crippen LogP contribution in [0.4, 0.5) is 5.69 Å². The first kappa shape index (κ1) is 36.8. The molecule has 1 aromatic heterocycles. The van der Waals surface area contributed by atoms with Crippen LogP contribution in [0.5, 0.6) is 11.5 Å². The maximum Gasteiger partial charge on any atom is 0.394 e. The monoisotopic (exact) mass is 687 g/mol. The fourth-order valence-electron chi connectivity index (χ4n) is 5.89. The number of fused-ring (bicyclic) bond motifs is 1. The Bertz CT molecular complexity index is 1600. The molecule has 262 valence electrons. The van der Waals surface area contributed by atoms with E-state index >= 15 is 0 Å². The third-order valence-corrected chi connectivity index (χ3v) is 8.25. The number of nitrogens with zero attached hydrogens (tertiary/aromatic N) is 3. The summed E-state index contributed by atoms with van der Waals surface area (Å²) >= 11 is 0. The number of ether oxygens (including phenoxy) is 2. The number of aromatic hydroxyl groups is 1. The predicted octanol–water partition coefficient (Wildman–Crippen LogP) is 3.41. The van der Waals surface area contributed by atoms with E-state index in [0.717, 1.165) is 36.0 Å². The number of carbonyl (C=O) groups excluding carboxylic acids is 2. The molecule has 3 aromatic rings. The quantitative estimate of drug-likeness (QED) is 0.0948. The van der Waals surface area contributed by atoms with Crippen LogP contribution in [-0.2, 0) is 44.6 Å². The van der Waals surface area contributed by atoms with Crippen molar-refractivity contribution in [1.29, 1.82) is 0 Å². The third-order valence-electron chi connectivity index (χ3n) is 8.25. The van der Waals surface area contributed by atoms with Gasteiger partial charge in [-0.1, -0.05) is 49.6 Å². The first-order valence-corrected chi connectivity index (χ1v) is 17.5. The van der Waals surface area contributed by atoms with Crippen LogP contribution in [0.3, 0.4) is 0 Å². The van der Waals surface area contributed by atoms with E-state index in [-0.39, 0.29) is 24.2 Å². The van der Waals surface area contributed by atoms with E-state index in [0.29, 0.717) is 63.2 Å². The maximum atomic E-state index is 13.3. The van der Waals surface area contributed by atoms with Gasteiger partial charge in [0.1, 0.15) is 11.4 Å². The Balaban J connectivity index is 0.000000968. The fraction of sp³-hybridized carbons (Fsp3) is 0.485. The summed E-state index contributed by atoms with van der Waals surface area (Å²) in [6.45, 7) is 2.99. The molecular weight excluding hydrogens is 642 g/mol. The van der Waals surface area contributed by atoms with Crippen LogP contribution in [-0.4, -0.2) is 94.6 Å². The molecule has 2 aromatic carbocycles. The topological polar surface area (TPSA) is 193 Å². The number of rotatable bonds is 14. The summed E-state index contributed by atoms with van der Waals surface area (Å²) < 4.78 is 44.9. The molecule has 14 nitrogen and oxygen atoms in total. The van der Waals surface area contributed by atoms with Gasteiger partial charge in [0.2, 0.25) is 5.91 Å². The van der Waals surface area contributed by atoms with E-state index in [1.807, 2.05) is 25.5 Å². The second-order valence-electron chi connectivity index (χ2n) is 11.8. The number of nitrogens with one attached hydrogen (secondary N) is 2. The van der Waals surface area contributed by atoms with Crippen LogP contribution in [0.1, 0.15) is 49.7 Å². The number of aromatic nitrogens is 2. The molecule has 2 amide bonds. The minimum atomic E-state index is -4.67. The first-order valence-electron chi connectivity index (χ1n) is 16.1. The van der Waals surface area contributed by atoms with Gasteiger partial charge in [0.25, 0.3) is 5.91 Å². The Morgan fingerprint density at radius 2 is 1.79 bits per heavy atom. The average molecular weight is 688 g/mol. The molecule has 0 atom stereocenters. The second kappa shape index (κ2) is 17.9. The number of phenolic OH excluding ortho intramolecular Hbond substituents is 1. The molecule has 48 heavy (non-hydrogen) atoms. The van der Waals surface area contributed by atoms with E-state index in [4.69, 9.17) is 27.0 Å². The van der Waals surface area contributed by atoms with Crippen molar-refractivity contribution in [2.24, 2.45) is 7.05 Å². The number of amides is 2. The molecule has 0 saturated heterocycles. The third kappa shape index (κ3) is 11.9. The summed E-state index contributed by atoms with van der Waals surface area (Å²) in [5.74, 6) is 0.414. The van der Waals surface area contributed by atoms with Crippen LogP contribution in [0.15, 0.2) is 48.8 Å². The van der Waals surface area contributed by atoms with E-state index in [1.54, 1.807) is 10.7 Å². The normalized spacial score (nSPS) is 14.7. The fourth-order valence-corrected chi connectivity index (χ4v) is 5.89. The van der Waals surface area contributed by atoms with Gasteiger partial charge in [0, 0.05) is 37.9 Å². The van der Waals surface area contributed by atoms with Gasteiger partial charge < -0.3 is 30.1 Å². The maximum absolute atomic E-state index is 13.3. The molecule has 2 aliphatic rings. The van der Waals surface area contributed by atoms with E-state index in [9.17, 15) is 14.7 Å². The highest BCUT2D eigenvalue weighted by Crippen LogP contribution is 2.39. The summed E-state index contributed by atoms with van der Waals surface area (Å²) in [7, 11) is -2.75. The molecular formula is C33H45N5O9S. The van der Waals surface area contributed by atoms with Crippen molar-refractivity contribution in [3.63, 3.8) is 0 Å². The summed E-state index contributed by atoms with van der Waals surface area (Å²) in [6, 6.07) is 12.2. The van der Waals surface area contributed by atoms with Gasteiger partial charge in [-0.2, -0.15) is 13.5 Å². The van der Waals surface area contributed by atoms with Gasteiger partial charge in [-0.25, -0.2) is 0 Å². The van der Waals surface area contributed by atoms with Crippen molar-refractivity contribution >= 4 is 27.9 Å². The highest BCUT2D eigenvalue weighted by Gasteiger charge is 2.25.